The van der Waals surface area contributed by atoms with Gasteiger partial charge in [-0.25, -0.2) is 9.48 Å². The zero-order valence-electron chi connectivity index (χ0n) is 16.5. The number of nitrogens with zero attached hydrogens (tertiary/aromatic N) is 2. The Balaban J connectivity index is 1.63. The van der Waals surface area contributed by atoms with E-state index in [1.54, 1.807) is 43.3 Å². The highest BCUT2D eigenvalue weighted by molar-refractivity contribution is 5.94. The average molecular weight is 401 g/mol. The van der Waals surface area contributed by atoms with Gasteiger partial charge in [0, 0.05) is 17.0 Å². The van der Waals surface area contributed by atoms with Crippen LogP contribution in [0.5, 0.6) is 0 Å². The van der Waals surface area contributed by atoms with Crippen molar-refractivity contribution in [2.45, 2.75) is 19.9 Å². The van der Waals surface area contributed by atoms with Gasteiger partial charge in [-0.05, 0) is 32.0 Å². The molecule has 0 aliphatic carbocycles. The minimum Gasteiger partial charge on any atom is -0.421 e. The molecule has 0 spiro atoms. The minimum absolute atomic E-state index is 0.00767. The molecule has 0 saturated heterocycles. The molecule has 0 bridgehead atoms. The van der Waals surface area contributed by atoms with Crippen LogP contribution in [0.4, 0.5) is 5.69 Å². The van der Waals surface area contributed by atoms with Crippen LogP contribution in [0, 0.1) is 6.92 Å². The van der Waals surface area contributed by atoms with Gasteiger partial charge < -0.3 is 9.73 Å². The highest BCUT2D eigenvalue weighted by Gasteiger charge is 2.20. The second-order valence-electron chi connectivity index (χ2n) is 7.02. The maximum atomic E-state index is 12.8. The van der Waals surface area contributed by atoms with E-state index >= 15 is 0 Å². The molecule has 0 fully saturated rings. The first-order chi connectivity index (χ1) is 14.4. The molecule has 4 aromatic rings. The van der Waals surface area contributed by atoms with E-state index in [2.05, 4.69) is 10.4 Å². The summed E-state index contributed by atoms with van der Waals surface area (Å²) in [4.78, 5) is 37.3. The second-order valence-corrected chi connectivity index (χ2v) is 7.02. The molecule has 1 unspecified atom stereocenters. The third-order valence-electron chi connectivity index (χ3n) is 4.82. The second kappa shape index (κ2) is 7.79. The van der Waals surface area contributed by atoms with Crippen LogP contribution in [0.2, 0.25) is 0 Å². The Kier molecular flexibility index (Phi) is 5.02. The number of nitrogens with one attached hydrogen (secondary N) is 1. The van der Waals surface area contributed by atoms with E-state index in [0.717, 1.165) is 15.8 Å². The van der Waals surface area contributed by atoms with Gasteiger partial charge in [-0.2, -0.15) is 5.10 Å². The number of hydrogen-bond acceptors (Lipinski definition) is 5. The van der Waals surface area contributed by atoms with Crippen molar-refractivity contribution in [1.29, 1.82) is 0 Å². The molecular formula is C23H19N3O4. The van der Waals surface area contributed by atoms with Crippen LogP contribution < -0.4 is 16.5 Å². The molecule has 1 amide bonds. The van der Waals surface area contributed by atoms with Crippen molar-refractivity contribution in [3.8, 4) is 11.3 Å². The normalized spacial score (nSPS) is 11.9. The minimum atomic E-state index is -0.936. The van der Waals surface area contributed by atoms with Crippen LogP contribution in [-0.2, 0) is 4.79 Å². The molecular weight excluding hydrogens is 382 g/mol. The van der Waals surface area contributed by atoms with E-state index in [0.29, 0.717) is 16.7 Å². The summed E-state index contributed by atoms with van der Waals surface area (Å²) >= 11 is 0. The van der Waals surface area contributed by atoms with E-state index in [1.807, 2.05) is 31.2 Å². The zero-order valence-corrected chi connectivity index (χ0v) is 16.5. The number of hydrogen-bond donors (Lipinski definition) is 1. The van der Waals surface area contributed by atoms with Gasteiger partial charge in [0.2, 0.25) is 5.91 Å². The van der Waals surface area contributed by atoms with Gasteiger partial charge in [-0.3, -0.25) is 9.59 Å². The Morgan fingerprint density at radius 2 is 1.77 bits per heavy atom. The largest absolute Gasteiger partial charge is 0.421 e. The first-order valence-electron chi connectivity index (χ1n) is 9.43. The molecule has 150 valence electrons. The van der Waals surface area contributed by atoms with Gasteiger partial charge in [0.1, 0.15) is 17.3 Å². The molecule has 7 nitrogen and oxygen atoms in total. The molecule has 30 heavy (non-hydrogen) atoms. The van der Waals surface area contributed by atoms with Gasteiger partial charge in [0.15, 0.2) is 0 Å². The van der Waals surface area contributed by atoms with Gasteiger partial charge in [0.25, 0.3) is 5.56 Å². The molecule has 2 aromatic heterocycles. The number of aryl methyl sites for hydroxylation is 1. The van der Waals surface area contributed by atoms with Gasteiger partial charge in [-0.1, -0.05) is 48.0 Å². The molecule has 0 aliphatic heterocycles. The summed E-state index contributed by atoms with van der Waals surface area (Å²) in [6.45, 7) is 3.53. The summed E-state index contributed by atoms with van der Waals surface area (Å²) in [7, 11) is 0. The standard InChI is InChI=1S/C23H19N3O4/c1-14-7-9-16(10-8-14)18-11-12-21(27)26(25-18)15(2)22(28)24-19-13-17-5-3-4-6-20(17)30-23(19)29/h3-13,15H,1-2H3,(H,24,28). The SMILES string of the molecule is Cc1ccc(-c2ccc(=O)n(C(C)C(=O)Nc3cc4ccccc4oc3=O)n2)cc1. The smallest absolute Gasteiger partial charge is 0.360 e. The topological polar surface area (TPSA) is 94.2 Å². The number of carbonyl (C=O) groups is 1. The first-order valence-corrected chi connectivity index (χ1v) is 9.43. The fourth-order valence-corrected chi connectivity index (χ4v) is 3.08. The maximum absolute atomic E-state index is 12.8. The van der Waals surface area contributed by atoms with E-state index in [9.17, 15) is 14.4 Å². The van der Waals surface area contributed by atoms with E-state index < -0.39 is 23.1 Å². The van der Waals surface area contributed by atoms with Crippen molar-refractivity contribution in [3.63, 3.8) is 0 Å². The van der Waals surface area contributed by atoms with Gasteiger partial charge in [0.05, 0.1) is 5.69 Å². The van der Waals surface area contributed by atoms with Crippen molar-refractivity contribution >= 4 is 22.6 Å². The summed E-state index contributed by atoms with van der Waals surface area (Å²) in [5, 5.41) is 7.58. The third-order valence-corrected chi connectivity index (χ3v) is 4.82. The van der Waals surface area contributed by atoms with Crippen LogP contribution in [0.15, 0.2) is 80.7 Å². The van der Waals surface area contributed by atoms with Crippen molar-refractivity contribution < 1.29 is 9.21 Å². The Morgan fingerprint density at radius 3 is 2.53 bits per heavy atom. The van der Waals surface area contributed by atoms with E-state index in [-0.39, 0.29) is 5.69 Å². The van der Waals surface area contributed by atoms with E-state index in [4.69, 9.17) is 4.42 Å². The quantitative estimate of drug-likeness (QED) is 0.528. The Hall–Kier alpha value is -4.00. The van der Waals surface area contributed by atoms with Crippen molar-refractivity contribution in [2.75, 3.05) is 5.32 Å². The molecule has 1 atom stereocenters. The number of para-hydroxylation sites is 1. The number of anilines is 1. The lowest BCUT2D eigenvalue weighted by Gasteiger charge is -2.15. The van der Waals surface area contributed by atoms with Crippen LogP contribution in [-0.4, -0.2) is 15.7 Å². The number of fused-ring (bicyclic) bond motifs is 1. The average Bonchev–Trinajstić information content (AvgIpc) is 2.74. The fourth-order valence-electron chi connectivity index (χ4n) is 3.08. The summed E-state index contributed by atoms with van der Waals surface area (Å²) in [5.74, 6) is -0.548. The predicted molar refractivity (Wildman–Crippen MR) is 114 cm³/mol. The molecule has 7 heteroatoms. The Morgan fingerprint density at radius 1 is 1.03 bits per heavy atom. The summed E-state index contributed by atoms with van der Waals surface area (Å²) in [6, 6.07) is 18.3. The lowest BCUT2D eigenvalue weighted by atomic mass is 10.1. The highest BCUT2D eigenvalue weighted by Crippen LogP contribution is 2.18. The molecule has 0 saturated carbocycles. The van der Waals surface area contributed by atoms with Crippen molar-refractivity contribution in [2.24, 2.45) is 0 Å². The highest BCUT2D eigenvalue weighted by atomic mass is 16.4. The van der Waals surface area contributed by atoms with Crippen molar-refractivity contribution in [1.82, 2.24) is 9.78 Å². The predicted octanol–water partition coefficient (Wildman–Crippen LogP) is 3.52. The maximum Gasteiger partial charge on any atom is 0.360 e. The lowest BCUT2D eigenvalue weighted by Crippen LogP contribution is -2.34. The number of amides is 1. The Bertz CT molecular complexity index is 1350. The lowest BCUT2D eigenvalue weighted by molar-refractivity contribution is -0.119. The van der Waals surface area contributed by atoms with Gasteiger partial charge in [-0.15, -0.1) is 0 Å². The zero-order chi connectivity index (χ0) is 21.3. The van der Waals surface area contributed by atoms with Gasteiger partial charge >= 0.3 is 5.63 Å². The number of rotatable bonds is 4. The van der Waals surface area contributed by atoms with Crippen molar-refractivity contribution in [3.05, 3.63) is 93.1 Å². The summed E-state index contributed by atoms with van der Waals surface area (Å²) < 4.78 is 6.34. The number of carbonyl (C=O) groups excluding carboxylic acids is 1. The van der Waals surface area contributed by atoms with Crippen LogP contribution in [0.1, 0.15) is 18.5 Å². The molecule has 2 heterocycles. The van der Waals surface area contributed by atoms with E-state index in [1.165, 1.54) is 6.07 Å². The van der Waals surface area contributed by atoms with Crippen LogP contribution in [0.3, 0.4) is 0 Å². The molecule has 4 rings (SSSR count). The molecule has 2 aromatic carbocycles. The number of aromatic nitrogens is 2. The molecule has 0 aliphatic rings. The fraction of sp³-hybridized carbons (Fsp3) is 0.130. The van der Waals surface area contributed by atoms with Crippen LogP contribution in [0.25, 0.3) is 22.2 Å². The first kappa shape index (κ1) is 19.3. The molecule has 0 radical (unpaired) electrons. The van der Waals surface area contributed by atoms with Crippen LogP contribution >= 0.6 is 0 Å². The molecule has 1 N–H and O–H groups in total. The summed E-state index contributed by atoms with van der Waals surface area (Å²) in [6.07, 6.45) is 0. The third kappa shape index (κ3) is 3.77. The monoisotopic (exact) mass is 401 g/mol. The number of benzene rings is 2. The summed E-state index contributed by atoms with van der Waals surface area (Å²) in [5.41, 5.74) is 1.86. The Labute approximate surface area is 171 Å².